The molecule has 1 amide bonds. The molecule has 1 aliphatic rings. The van der Waals surface area contributed by atoms with Crippen molar-refractivity contribution in [2.45, 2.75) is 33.1 Å². The largest absolute Gasteiger partial charge is 0.371 e. The van der Waals surface area contributed by atoms with E-state index in [9.17, 15) is 4.79 Å². The van der Waals surface area contributed by atoms with Crippen molar-refractivity contribution in [3.63, 3.8) is 0 Å². The van der Waals surface area contributed by atoms with Crippen LogP contribution in [-0.4, -0.2) is 24.2 Å². The highest BCUT2D eigenvalue weighted by atomic mass is 16.5. The summed E-state index contributed by atoms with van der Waals surface area (Å²) < 4.78 is 4.94. The molecular formula is C17H21N3O2. The van der Waals surface area contributed by atoms with E-state index in [-0.39, 0.29) is 5.91 Å². The number of hydrogen-bond acceptors (Lipinski definition) is 4. The summed E-state index contributed by atoms with van der Waals surface area (Å²) >= 11 is 0. The Balaban J connectivity index is 1.59. The molecule has 2 heterocycles. The summed E-state index contributed by atoms with van der Waals surface area (Å²) in [4.78, 5) is 14.3. The summed E-state index contributed by atoms with van der Waals surface area (Å²) in [6, 6.07) is 8.27. The van der Waals surface area contributed by atoms with Crippen molar-refractivity contribution in [3.8, 4) is 0 Å². The summed E-state index contributed by atoms with van der Waals surface area (Å²) in [7, 11) is 0. The van der Waals surface area contributed by atoms with Gasteiger partial charge in [0.2, 0.25) is 5.91 Å². The number of aryl methyl sites for hydroxylation is 3. The second-order valence-electron chi connectivity index (χ2n) is 5.84. The molecule has 0 saturated carbocycles. The molecule has 0 unspecified atom stereocenters. The highest BCUT2D eigenvalue weighted by molar-refractivity contribution is 5.90. The van der Waals surface area contributed by atoms with Crippen molar-refractivity contribution in [2.24, 2.45) is 0 Å². The van der Waals surface area contributed by atoms with Gasteiger partial charge in [0.25, 0.3) is 0 Å². The minimum atomic E-state index is -0.0347. The van der Waals surface area contributed by atoms with E-state index < -0.39 is 0 Å². The molecule has 1 aromatic carbocycles. The average molecular weight is 299 g/mol. The maximum atomic E-state index is 12.0. The quantitative estimate of drug-likeness (QED) is 0.942. The predicted molar refractivity (Wildman–Crippen MR) is 86.2 cm³/mol. The predicted octanol–water partition coefficient (Wildman–Crippen LogP) is 3.07. The molecule has 0 spiro atoms. The van der Waals surface area contributed by atoms with E-state index in [0.717, 1.165) is 25.9 Å². The molecule has 1 aliphatic heterocycles. The van der Waals surface area contributed by atoms with Crippen LogP contribution in [0, 0.1) is 13.8 Å². The van der Waals surface area contributed by atoms with Crippen LogP contribution in [0.25, 0.3) is 0 Å². The third-order valence-electron chi connectivity index (χ3n) is 3.95. The van der Waals surface area contributed by atoms with Crippen molar-refractivity contribution in [1.29, 1.82) is 0 Å². The standard InChI is InChI=1S/C17H21N3O2/c1-12-5-6-15-14(10-12)4-3-8-20(15)9-7-17(21)18-16-11-13(2)22-19-16/h5-6,10-11H,3-4,7-9H2,1-2H3,(H,18,19,21). The lowest BCUT2D eigenvalue weighted by molar-refractivity contribution is -0.116. The van der Waals surface area contributed by atoms with Crippen LogP contribution in [0.3, 0.4) is 0 Å². The molecule has 1 aromatic heterocycles. The molecule has 5 nitrogen and oxygen atoms in total. The average Bonchev–Trinajstić information content (AvgIpc) is 2.89. The maximum Gasteiger partial charge on any atom is 0.227 e. The lowest BCUT2D eigenvalue weighted by atomic mass is 9.99. The summed E-state index contributed by atoms with van der Waals surface area (Å²) in [5.74, 6) is 1.14. The number of nitrogens with one attached hydrogen (secondary N) is 1. The molecule has 0 bridgehead atoms. The smallest absolute Gasteiger partial charge is 0.227 e. The molecule has 22 heavy (non-hydrogen) atoms. The monoisotopic (exact) mass is 299 g/mol. The van der Waals surface area contributed by atoms with Gasteiger partial charge >= 0.3 is 0 Å². The lowest BCUT2D eigenvalue weighted by Gasteiger charge is -2.31. The molecule has 0 atom stereocenters. The fraction of sp³-hybridized carbons (Fsp3) is 0.412. The lowest BCUT2D eigenvalue weighted by Crippen LogP contribution is -2.32. The Kier molecular flexibility index (Phi) is 4.13. The highest BCUT2D eigenvalue weighted by Gasteiger charge is 2.17. The van der Waals surface area contributed by atoms with Gasteiger partial charge in [0.05, 0.1) is 0 Å². The molecular weight excluding hydrogens is 278 g/mol. The van der Waals surface area contributed by atoms with Crippen LogP contribution < -0.4 is 10.2 Å². The van der Waals surface area contributed by atoms with Crippen LogP contribution in [0.4, 0.5) is 11.5 Å². The van der Waals surface area contributed by atoms with Crippen LogP contribution in [0.15, 0.2) is 28.8 Å². The summed E-state index contributed by atoms with van der Waals surface area (Å²) in [5, 5.41) is 6.54. The van der Waals surface area contributed by atoms with E-state index in [1.165, 1.54) is 16.8 Å². The van der Waals surface area contributed by atoms with Gasteiger partial charge in [-0.25, -0.2) is 0 Å². The van der Waals surface area contributed by atoms with Crippen molar-refractivity contribution < 1.29 is 9.32 Å². The fourth-order valence-corrected chi connectivity index (χ4v) is 2.90. The van der Waals surface area contributed by atoms with Gasteiger partial charge in [0, 0.05) is 31.3 Å². The second-order valence-corrected chi connectivity index (χ2v) is 5.84. The van der Waals surface area contributed by atoms with Gasteiger partial charge in [-0.05, 0) is 38.3 Å². The number of nitrogens with zero attached hydrogens (tertiary/aromatic N) is 2. The Morgan fingerprint density at radius 3 is 3.00 bits per heavy atom. The molecule has 0 fully saturated rings. The normalized spacial score (nSPS) is 13.8. The highest BCUT2D eigenvalue weighted by Crippen LogP contribution is 2.28. The van der Waals surface area contributed by atoms with Gasteiger partial charge in [-0.2, -0.15) is 0 Å². The molecule has 1 N–H and O–H groups in total. The first kappa shape index (κ1) is 14.6. The van der Waals surface area contributed by atoms with E-state index in [0.29, 0.717) is 18.0 Å². The second kappa shape index (κ2) is 6.22. The zero-order valence-electron chi connectivity index (χ0n) is 13.1. The Bertz CT molecular complexity index is 678. The zero-order valence-corrected chi connectivity index (χ0v) is 13.1. The van der Waals surface area contributed by atoms with Crippen LogP contribution in [0.5, 0.6) is 0 Å². The Morgan fingerprint density at radius 1 is 1.36 bits per heavy atom. The van der Waals surface area contributed by atoms with E-state index in [1.807, 2.05) is 0 Å². The van der Waals surface area contributed by atoms with Crippen molar-refractivity contribution in [2.75, 3.05) is 23.3 Å². The van der Waals surface area contributed by atoms with Crippen molar-refractivity contribution in [1.82, 2.24) is 5.16 Å². The molecule has 116 valence electrons. The Hall–Kier alpha value is -2.30. The summed E-state index contributed by atoms with van der Waals surface area (Å²) in [6.45, 7) is 5.65. The molecule has 2 aromatic rings. The SMILES string of the molecule is Cc1ccc2c(c1)CCCN2CCC(=O)Nc1cc(C)on1. The Labute approximate surface area is 130 Å². The zero-order chi connectivity index (χ0) is 15.5. The van der Waals surface area contributed by atoms with Crippen LogP contribution >= 0.6 is 0 Å². The summed E-state index contributed by atoms with van der Waals surface area (Å²) in [6.07, 6.45) is 2.71. The van der Waals surface area contributed by atoms with Gasteiger partial charge in [-0.15, -0.1) is 0 Å². The summed E-state index contributed by atoms with van der Waals surface area (Å²) in [5.41, 5.74) is 3.94. The van der Waals surface area contributed by atoms with Gasteiger partial charge in [0.1, 0.15) is 5.76 Å². The number of aromatic nitrogens is 1. The number of rotatable bonds is 4. The number of carbonyl (C=O) groups excluding carboxylic acids is 1. The van der Waals surface area contributed by atoms with E-state index >= 15 is 0 Å². The number of anilines is 2. The van der Waals surface area contributed by atoms with E-state index in [2.05, 4.69) is 40.5 Å². The Morgan fingerprint density at radius 2 is 2.23 bits per heavy atom. The number of amides is 1. The first-order valence-corrected chi connectivity index (χ1v) is 7.69. The molecule has 0 saturated heterocycles. The minimum Gasteiger partial charge on any atom is -0.371 e. The van der Waals surface area contributed by atoms with Gasteiger partial charge in [-0.3, -0.25) is 4.79 Å². The molecule has 3 rings (SSSR count). The van der Waals surface area contributed by atoms with Crippen LogP contribution in [-0.2, 0) is 11.2 Å². The topological polar surface area (TPSA) is 58.4 Å². The van der Waals surface area contributed by atoms with Crippen molar-refractivity contribution >= 4 is 17.4 Å². The third kappa shape index (κ3) is 3.30. The molecule has 0 radical (unpaired) electrons. The van der Waals surface area contributed by atoms with Crippen LogP contribution in [0.2, 0.25) is 0 Å². The third-order valence-corrected chi connectivity index (χ3v) is 3.95. The molecule has 0 aliphatic carbocycles. The minimum absolute atomic E-state index is 0.0347. The van der Waals surface area contributed by atoms with Crippen molar-refractivity contribution in [3.05, 3.63) is 41.2 Å². The fourth-order valence-electron chi connectivity index (χ4n) is 2.90. The number of fused-ring (bicyclic) bond motifs is 1. The maximum absolute atomic E-state index is 12.0. The first-order chi connectivity index (χ1) is 10.6. The molecule has 5 heteroatoms. The van der Waals surface area contributed by atoms with E-state index in [4.69, 9.17) is 4.52 Å². The first-order valence-electron chi connectivity index (χ1n) is 7.69. The number of benzene rings is 1. The number of hydrogen-bond donors (Lipinski definition) is 1. The van der Waals surface area contributed by atoms with Gasteiger partial charge < -0.3 is 14.7 Å². The number of carbonyl (C=O) groups is 1. The van der Waals surface area contributed by atoms with E-state index in [1.54, 1.807) is 13.0 Å². The van der Waals surface area contributed by atoms with Gasteiger partial charge in [0.15, 0.2) is 5.82 Å². The van der Waals surface area contributed by atoms with Crippen LogP contribution in [0.1, 0.15) is 29.7 Å². The van der Waals surface area contributed by atoms with Gasteiger partial charge in [-0.1, -0.05) is 22.9 Å².